The van der Waals surface area contributed by atoms with Crippen LogP contribution in [-0.4, -0.2) is 16.7 Å². The molecule has 0 fully saturated rings. The summed E-state index contributed by atoms with van der Waals surface area (Å²) in [6.07, 6.45) is 0.217. The zero-order valence-corrected chi connectivity index (χ0v) is 7.54. The maximum Gasteiger partial charge on any atom is 0.214 e. The van der Waals surface area contributed by atoms with Crippen LogP contribution >= 0.6 is 0 Å². The number of oxime groups is 1. The van der Waals surface area contributed by atoms with E-state index in [9.17, 15) is 9.18 Å². The molecule has 1 aliphatic carbocycles. The monoisotopic (exact) mass is 193 g/mol. The van der Waals surface area contributed by atoms with Gasteiger partial charge in [0.2, 0.25) is 5.78 Å². The van der Waals surface area contributed by atoms with Crippen molar-refractivity contribution < 1.29 is 14.4 Å². The Balaban J connectivity index is 2.70. The first-order valence-corrected chi connectivity index (χ1v) is 4.18. The predicted molar refractivity (Wildman–Crippen MR) is 48.4 cm³/mol. The van der Waals surface area contributed by atoms with Crippen LogP contribution in [0.15, 0.2) is 17.3 Å². The van der Waals surface area contributed by atoms with Crippen molar-refractivity contribution in [1.29, 1.82) is 0 Å². The predicted octanol–water partition coefficient (Wildman–Crippen LogP) is 1.70. The number of carbonyl (C=O) groups excluding carboxylic acids is 1. The number of nitrogens with zero attached hydrogens (tertiary/aromatic N) is 1. The van der Waals surface area contributed by atoms with Crippen molar-refractivity contribution in [3.05, 3.63) is 34.6 Å². The second kappa shape index (κ2) is 2.90. The summed E-state index contributed by atoms with van der Waals surface area (Å²) in [7, 11) is 0. The van der Waals surface area contributed by atoms with Gasteiger partial charge in [0, 0.05) is 6.42 Å². The van der Waals surface area contributed by atoms with Crippen molar-refractivity contribution >= 4 is 11.5 Å². The van der Waals surface area contributed by atoms with Crippen LogP contribution in [0.3, 0.4) is 0 Å². The normalized spacial score (nSPS) is 17.6. The van der Waals surface area contributed by atoms with Crippen LogP contribution in [0.4, 0.5) is 4.39 Å². The van der Waals surface area contributed by atoms with Gasteiger partial charge in [-0.1, -0.05) is 11.2 Å². The molecule has 0 aromatic heterocycles. The maximum absolute atomic E-state index is 13.3. The topological polar surface area (TPSA) is 49.7 Å². The molecule has 4 heteroatoms. The first kappa shape index (κ1) is 8.87. The van der Waals surface area contributed by atoms with Gasteiger partial charge in [0.1, 0.15) is 11.5 Å². The highest BCUT2D eigenvalue weighted by atomic mass is 19.1. The molecule has 0 amide bonds. The first-order valence-electron chi connectivity index (χ1n) is 4.18. The third-order valence-electron chi connectivity index (χ3n) is 2.45. The molecule has 0 unspecified atom stereocenters. The highest BCUT2D eigenvalue weighted by molar-refractivity contribution is 6.49. The van der Waals surface area contributed by atoms with E-state index in [0.29, 0.717) is 5.56 Å². The first-order chi connectivity index (χ1) is 6.65. The minimum absolute atomic E-state index is 0.00759. The van der Waals surface area contributed by atoms with Crippen molar-refractivity contribution in [3.8, 4) is 0 Å². The van der Waals surface area contributed by atoms with Crippen molar-refractivity contribution in [3.63, 3.8) is 0 Å². The Kier molecular flexibility index (Phi) is 1.84. The molecule has 0 spiro atoms. The number of fused-ring (bicyclic) bond motifs is 1. The summed E-state index contributed by atoms with van der Waals surface area (Å²) >= 11 is 0. The van der Waals surface area contributed by atoms with Crippen molar-refractivity contribution in [1.82, 2.24) is 0 Å². The summed E-state index contributed by atoms with van der Waals surface area (Å²) in [5.41, 5.74) is 1.53. The van der Waals surface area contributed by atoms with Crippen LogP contribution in [-0.2, 0) is 6.42 Å². The summed E-state index contributed by atoms with van der Waals surface area (Å²) in [6.45, 7) is 1.80. The Morgan fingerprint density at radius 1 is 1.50 bits per heavy atom. The maximum atomic E-state index is 13.3. The van der Waals surface area contributed by atoms with E-state index in [1.54, 1.807) is 13.0 Å². The Labute approximate surface area is 79.9 Å². The third-order valence-corrected chi connectivity index (χ3v) is 2.45. The molecule has 1 N–H and O–H groups in total. The fraction of sp³-hybridized carbons (Fsp3) is 0.200. The lowest BCUT2D eigenvalue weighted by molar-refractivity contribution is 0.106. The number of hydrogen-bond acceptors (Lipinski definition) is 3. The molecule has 3 nitrogen and oxygen atoms in total. The van der Waals surface area contributed by atoms with Crippen LogP contribution in [0.1, 0.15) is 21.5 Å². The van der Waals surface area contributed by atoms with Gasteiger partial charge in [-0.15, -0.1) is 0 Å². The molecule has 1 aliphatic rings. The standard InChI is InChI=1S/C10H8FNO2/c1-5-2-3-7(11)9-6(5)4-8(12-14)10(9)13/h2-3,14H,4H2,1H3/b12-8+. The van der Waals surface area contributed by atoms with Crippen LogP contribution < -0.4 is 0 Å². The number of ketones is 1. The van der Waals surface area contributed by atoms with Gasteiger partial charge in [-0.05, 0) is 24.1 Å². The number of rotatable bonds is 0. The second-order valence-electron chi connectivity index (χ2n) is 3.27. The molecule has 14 heavy (non-hydrogen) atoms. The molecule has 0 bridgehead atoms. The van der Waals surface area contributed by atoms with Gasteiger partial charge in [0.25, 0.3) is 0 Å². The van der Waals surface area contributed by atoms with Crippen LogP contribution in [0.2, 0.25) is 0 Å². The fourth-order valence-electron chi connectivity index (χ4n) is 1.67. The van der Waals surface area contributed by atoms with E-state index in [0.717, 1.165) is 5.56 Å². The van der Waals surface area contributed by atoms with E-state index < -0.39 is 11.6 Å². The van der Waals surface area contributed by atoms with Crippen LogP contribution in [0, 0.1) is 12.7 Å². The quantitative estimate of drug-likeness (QED) is 0.503. The lowest BCUT2D eigenvalue weighted by Crippen LogP contribution is -2.08. The molecule has 0 saturated heterocycles. The molecule has 0 radical (unpaired) electrons. The van der Waals surface area contributed by atoms with Crippen LogP contribution in [0.5, 0.6) is 0 Å². The molecule has 72 valence electrons. The van der Waals surface area contributed by atoms with E-state index in [1.807, 2.05) is 0 Å². The van der Waals surface area contributed by atoms with Crippen molar-refractivity contribution in [2.75, 3.05) is 0 Å². The Hall–Kier alpha value is -1.71. The molecule has 2 rings (SSSR count). The van der Waals surface area contributed by atoms with E-state index in [4.69, 9.17) is 5.21 Å². The summed E-state index contributed by atoms with van der Waals surface area (Å²) in [6, 6.07) is 2.87. The van der Waals surface area contributed by atoms with Crippen molar-refractivity contribution in [2.45, 2.75) is 13.3 Å². The number of carbonyl (C=O) groups is 1. The van der Waals surface area contributed by atoms with Gasteiger partial charge in [0.15, 0.2) is 0 Å². The third kappa shape index (κ3) is 1.04. The van der Waals surface area contributed by atoms with E-state index in [1.165, 1.54) is 6.07 Å². The summed E-state index contributed by atoms with van der Waals surface area (Å²) in [5, 5.41) is 11.4. The highest BCUT2D eigenvalue weighted by Gasteiger charge is 2.31. The number of Topliss-reactive ketones (excluding diaryl/α,β-unsaturated/α-hetero) is 1. The van der Waals surface area contributed by atoms with Gasteiger partial charge >= 0.3 is 0 Å². The second-order valence-corrected chi connectivity index (χ2v) is 3.27. The summed E-state index contributed by atoms with van der Waals surface area (Å²) in [5.74, 6) is -1.06. The molecular formula is C10H8FNO2. The Morgan fingerprint density at radius 2 is 2.21 bits per heavy atom. The van der Waals surface area contributed by atoms with Gasteiger partial charge < -0.3 is 5.21 Å². The molecule has 1 aromatic carbocycles. The Bertz CT molecular complexity index is 452. The lowest BCUT2D eigenvalue weighted by atomic mass is 10.0. The zero-order chi connectivity index (χ0) is 10.3. The fourth-order valence-corrected chi connectivity index (χ4v) is 1.67. The van der Waals surface area contributed by atoms with Gasteiger partial charge in [-0.3, -0.25) is 4.79 Å². The largest absolute Gasteiger partial charge is 0.411 e. The number of hydrogen-bond donors (Lipinski definition) is 1. The van der Waals surface area contributed by atoms with Crippen molar-refractivity contribution in [2.24, 2.45) is 5.16 Å². The molecule has 1 aromatic rings. The number of halogens is 1. The average Bonchev–Trinajstić information content (AvgIpc) is 2.51. The van der Waals surface area contributed by atoms with E-state index in [2.05, 4.69) is 5.16 Å². The van der Waals surface area contributed by atoms with E-state index >= 15 is 0 Å². The summed E-state index contributed by atoms with van der Waals surface area (Å²) in [4.78, 5) is 11.5. The Morgan fingerprint density at radius 3 is 2.79 bits per heavy atom. The number of benzene rings is 1. The smallest absolute Gasteiger partial charge is 0.214 e. The summed E-state index contributed by atoms with van der Waals surface area (Å²) < 4.78 is 13.3. The molecule has 0 heterocycles. The molecule has 0 aliphatic heterocycles. The van der Waals surface area contributed by atoms with E-state index in [-0.39, 0.29) is 17.7 Å². The highest BCUT2D eigenvalue weighted by Crippen LogP contribution is 2.26. The number of aryl methyl sites for hydroxylation is 1. The van der Waals surface area contributed by atoms with Gasteiger partial charge in [0.05, 0.1) is 5.56 Å². The minimum Gasteiger partial charge on any atom is -0.411 e. The van der Waals surface area contributed by atoms with Gasteiger partial charge in [-0.25, -0.2) is 4.39 Å². The zero-order valence-electron chi connectivity index (χ0n) is 7.54. The average molecular weight is 193 g/mol. The van der Waals surface area contributed by atoms with Crippen LogP contribution in [0.25, 0.3) is 0 Å². The molecular weight excluding hydrogens is 185 g/mol. The molecule has 0 atom stereocenters. The van der Waals surface area contributed by atoms with Gasteiger partial charge in [-0.2, -0.15) is 0 Å². The lowest BCUT2D eigenvalue weighted by Gasteiger charge is -2.01. The SMILES string of the molecule is Cc1ccc(F)c2c1C/C(=N\O)C2=O. The molecule has 0 saturated carbocycles. The minimum atomic E-state index is -0.547.